The molecule has 19 nitrogen and oxygen atoms in total. The van der Waals surface area contributed by atoms with E-state index in [1.54, 1.807) is 18.2 Å². The Morgan fingerprint density at radius 1 is 1.10 bits per heavy atom. The zero-order valence-electron chi connectivity index (χ0n) is 26.0. The Hall–Kier alpha value is -4.36. The summed E-state index contributed by atoms with van der Waals surface area (Å²) in [6.07, 6.45) is -0.119. The van der Waals surface area contributed by atoms with E-state index >= 15 is 0 Å². The molecule has 1 unspecified atom stereocenters. The van der Waals surface area contributed by atoms with Crippen molar-refractivity contribution in [1.82, 2.24) is 29.7 Å². The van der Waals surface area contributed by atoms with Crippen LogP contribution in [-0.2, 0) is 34.8 Å². The van der Waals surface area contributed by atoms with Crippen LogP contribution >= 0.6 is 7.82 Å². The van der Waals surface area contributed by atoms with Crippen molar-refractivity contribution in [3.8, 4) is 0 Å². The second kappa shape index (κ2) is 14.2. The number of nitrogens with one attached hydrogen (secondary N) is 3. The Bertz CT molecular complexity index is 1820. The molecule has 4 amide bonds. The Labute approximate surface area is 278 Å². The molecule has 0 bridgehead atoms. The molecule has 262 valence electrons. The average molecular weight is 703 g/mol. The smallest absolute Gasteiger partial charge is 0.387 e. The number of aromatic nitrogens is 4. The van der Waals surface area contributed by atoms with Gasteiger partial charge in [0.25, 0.3) is 5.91 Å². The lowest BCUT2D eigenvalue weighted by Crippen LogP contribution is -2.52. The van der Waals surface area contributed by atoms with Crippen LogP contribution in [0.1, 0.15) is 60.7 Å². The number of aliphatic hydroxyl groups excluding tert-OH is 2. The van der Waals surface area contributed by atoms with E-state index in [0.717, 1.165) is 0 Å². The first-order valence-electron chi connectivity index (χ1n) is 15.6. The standard InChI is InChI=1S/C29H35N8O11P/c38-19(34-16-6-4-5-15-11-36(28(43)21(15)16)17-8-9-20(39)35-27(17)42)7-2-1-3-10-30-25-22-26(32-13-31-25)37(14-33-22)29-24(41)23(40)18(48-29)12-47-49(44,45)46/h4-6,13-14,17-18,23-24,29,40-41H,1-3,7-12H2,(H,34,38)(H,30,31,32)(H,35,39,42)(H2,44,45,46)/t17?,18-,23-,24-,29-/m1/s1. The number of carbonyl (C=O) groups is 4. The fourth-order valence-corrected chi connectivity index (χ4v) is 6.50. The van der Waals surface area contributed by atoms with E-state index in [0.29, 0.717) is 54.0 Å². The molecule has 2 fully saturated rings. The van der Waals surface area contributed by atoms with Crippen molar-refractivity contribution in [2.24, 2.45) is 0 Å². The van der Waals surface area contributed by atoms with Crippen LogP contribution in [0, 0.1) is 0 Å². The molecule has 7 N–H and O–H groups in total. The molecule has 3 aliphatic rings. The van der Waals surface area contributed by atoms with Gasteiger partial charge >= 0.3 is 7.82 Å². The summed E-state index contributed by atoms with van der Waals surface area (Å²) < 4.78 is 22.5. The summed E-state index contributed by atoms with van der Waals surface area (Å²) in [6, 6.07) is 4.42. The maximum Gasteiger partial charge on any atom is 0.469 e. The molecule has 49 heavy (non-hydrogen) atoms. The minimum Gasteiger partial charge on any atom is -0.387 e. The number of amides is 4. The van der Waals surface area contributed by atoms with E-state index in [2.05, 4.69) is 35.4 Å². The summed E-state index contributed by atoms with van der Waals surface area (Å²) in [7, 11) is -4.81. The van der Waals surface area contributed by atoms with Crippen molar-refractivity contribution in [2.75, 3.05) is 23.8 Å². The Balaban J connectivity index is 0.971. The van der Waals surface area contributed by atoms with Gasteiger partial charge < -0.3 is 40.3 Å². The Morgan fingerprint density at radius 3 is 2.69 bits per heavy atom. The summed E-state index contributed by atoms with van der Waals surface area (Å²) in [5.41, 5.74) is 2.08. The van der Waals surface area contributed by atoms with E-state index in [4.69, 9.17) is 14.5 Å². The minimum atomic E-state index is -4.81. The van der Waals surface area contributed by atoms with Crippen molar-refractivity contribution in [2.45, 2.75) is 75.7 Å². The van der Waals surface area contributed by atoms with Gasteiger partial charge in [0.1, 0.15) is 30.7 Å². The van der Waals surface area contributed by atoms with Crippen LogP contribution in [0.2, 0.25) is 0 Å². The second-order valence-corrected chi connectivity index (χ2v) is 13.1. The molecule has 3 aromatic rings. The highest BCUT2D eigenvalue weighted by Crippen LogP contribution is 2.39. The molecule has 20 heteroatoms. The van der Waals surface area contributed by atoms with Crippen LogP contribution in [0.3, 0.4) is 0 Å². The number of imidazole rings is 1. The van der Waals surface area contributed by atoms with Gasteiger partial charge in [-0.05, 0) is 30.9 Å². The summed E-state index contributed by atoms with van der Waals surface area (Å²) in [5.74, 6) is -1.07. The summed E-state index contributed by atoms with van der Waals surface area (Å²) in [6.45, 7) is 0.0575. The number of fused-ring (bicyclic) bond motifs is 2. The molecule has 0 saturated carbocycles. The number of benzene rings is 1. The highest BCUT2D eigenvalue weighted by atomic mass is 31.2. The first kappa shape index (κ1) is 34.5. The zero-order valence-corrected chi connectivity index (χ0v) is 26.9. The highest BCUT2D eigenvalue weighted by molar-refractivity contribution is 7.46. The average Bonchev–Trinajstić information content (AvgIpc) is 3.71. The first-order chi connectivity index (χ1) is 23.4. The number of unbranched alkanes of at least 4 members (excludes halogenated alkanes) is 2. The van der Waals surface area contributed by atoms with Gasteiger partial charge in [0.2, 0.25) is 17.7 Å². The number of phosphoric acid groups is 1. The van der Waals surface area contributed by atoms with Crippen molar-refractivity contribution in [3.05, 3.63) is 42.0 Å². The van der Waals surface area contributed by atoms with Gasteiger partial charge in [-0.1, -0.05) is 18.6 Å². The minimum absolute atomic E-state index is 0.153. The number of piperidine rings is 1. The van der Waals surface area contributed by atoms with Gasteiger partial charge in [-0.2, -0.15) is 0 Å². The van der Waals surface area contributed by atoms with E-state index in [1.807, 2.05) is 0 Å². The van der Waals surface area contributed by atoms with Crippen LogP contribution < -0.4 is 16.0 Å². The van der Waals surface area contributed by atoms with Crippen LogP contribution in [0.4, 0.5) is 11.5 Å². The number of ether oxygens (including phenoxy) is 1. The van der Waals surface area contributed by atoms with Crippen LogP contribution in [-0.4, -0.2) is 106 Å². The predicted molar refractivity (Wildman–Crippen MR) is 167 cm³/mol. The number of anilines is 2. The quantitative estimate of drug-likeness (QED) is 0.0698. The molecule has 0 spiro atoms. The molecule has 0 aliphatic carbocycles. The molecular weight excluding hydrogens is 667 g/mol. The Kier molecular flexibility index (Phi) is 10.0. The van der Waals surface area contributed by atoms with E-state index in [9.17, 15) is 34.0 Å². The summed E-state index contributed by atoms with van der Waals surface area (Å²) in [5, 5.41) is 29.1. The van der Waals surface area contributed by atoms with Crippen LogP contribution in [0.15, 0.2) is 30.9 Å². The second-order valence-electron chi connectivity index (χ2n) is 11.9. The van der Waals surface area contributed by atoms with E-state index in [-0.39, 0.29) is 49.2 Å². The fourth-order valence-electron chi connectivity index (χ4n) is 6.16. The van der Waals surface area contributed by atoms with Crippen molar-refractivity contribution in [1.29, 1.82) is 0 Å². The third-order valence-corrected chi connectivity index (χ3v) is 9.06. The van der Waals surface area contributed by atoms with Crippen LogP contribution in [0.5, 0.6) is 0 Å². The third-order valence-electron chi connectivity index (χ3n) is 8.58. The van der Waals surface area contributed by atoms with Gasteiger partial charge in [-0.25, -0.2) is 19.5 Å². The molecule has 1 aromatic carbocycles. The summed E-state index contributed by atoms with van der Waals surface area (Å²) >= 11 is 0. The normalized spacial score (nSPS) is 24.0. The van der Waals surface area contributed by atoms with E-state index < -0.39 is 50.9 Å². The SMILES string of the molecule is O=C1CCC(N2Cc3cccc(NC(=O)CCCCCNc4ncnc5c4ncn5[C@@H]4O[C@H](COP(=O)(O)O)[C@@H](O)[C@H]4O)c3C2=O)C(=O)N1. The van der Waals surface area contributed by atoms with Crippen LogP contribution in [0.25, 0.3) is 11.2 Å². The molecule has 0 radical (unpaired) electrons. The number of phosphoric ester groups is 1. The fraction of sp³-hybridized carbons (Fsp3) is 0.483. The van der Waals surface area contributed by atoms with Gasteiger partial charge in [-0.15, -0.1) is 0 Å². The molecule has 6 rings (SSSR count). The van der Waals surface area contributed by atoms with Crippen molar-refractivity contribution < 1.29 is 53.0 Å². The lowest BCUT2D eigenvalue weighted by atomic mass is 10.0. The van der Waals surface area contributed by atoms with Crippen molar-refractivity contribution in [3.63, 3.8) is 0 Å². The van der Waals surface area contributed by atoms with Gasteiger partial charge in [0, 0.05) is 25.9 Å². The first-order valence-corrected chi connectivity index (χ1v) is 17.1. The number of rotatable bonds is 13. The number of carbonyl (C=O) groups excluding carboxylic acids is 4. The number of hydrogen-bond acceptors (Lipinski definition) is 13. The lowest BCUT2D eigenvalue weighted by molar-refractivity contribution is -0.137. The molecule has 3 aliphatic heterocycles. The van der Waals surface area contributed by atoms with Gasteiger partial charge in [-0.3, -0.25) is 33.6 Å². The molecule has 2 aromatic heterocycles. The summed E-state index contributed by atoms with van der Waals surface area (Å²) in [4.78, 5) is 82.0. The highest BCUT2D eigenvalue weighted by Gasteiger charge is 2.45. The Morgan fingerprint density at radius 2 is 1.92 bits per heavy atom. The number of imide groups is 1. The maximum absolute atomic E-state index is 13.3. The monoisotopic (exact) mass is 702 g/mol. The van der Waals surface area contributed by atoms with Crippen molar-refractivity contribution >= 4 is 54.1 Å². The molecule has 5 atom stereocenters. The number of aliphatic hydroxyl groups is 2. The number of hydrogen-bond donors (Lipinski definition) is 7. The topological polar surface area (TPSA) is 268 Å². The predicted octanol–water partition coefficient (Wildman–Crippen LogP) is -0.0732. The van der Waals surface area contributed by atoms with Gasteiger partial charge in [0.05, 0.1) is 24.2 Å². The lowest BCUT2D eigenvalue weighted by Gasteiger charge is -2.29. The molecule has 2 saturated heterocycles. The van der Waals surface area contributed by atoms with E-state index in [1.165, 1.54) is 22.1 Å². The zero-order chi connectivity index (χ0) is 34.9. The third kappa shape index (κ3) is 7.47. The maximum atomic E-state index is 13.3. The van der Waals surface area contributed by atoms with Gasteiger partial charge in [0.15, 0.2) is 23.2 Å². The molecular formula is C29H35N8O11P. The molecule has 5 heterocycles. The largest absolute Gasteiger partial charge is 0.469 e. The number of nitrogens with zero attached hydrogens (tertiary/aromatic N) is 5.